The molecule has 0 spiro atoms. The first-order valence-corrected chi connectivity index (χ1v) is 11.7. The molecular weight excluding hydrogens is 478 g/mol. The van der Waals surface area contributed by atoms with Crippen LogP contribution in [0.4, 0.5) is 19.6 Å². The van der Waals surface area contributed by atoms with Gasteiger partial charge in [0.2, 0.25) is 5.91 Å². The monoisotopic (exact) mass is 502 g/mol. The number of aromatic nitrogens is 1. The number of thiophene rings is 1. The summed E-state index contributed by atoms with van der Waals surface area (Å²) in [7, 11) is 0. The summed E-state index contributed by atoms with van der Waals surface area (Å²) < 4.78 is 34.8. The van der Waals surface area contributed by atoms with Gasteiger partial charge in [0, 0.05) is 11.4 Å². The van der Waals surface area contributed by atoms with Crippen LogP contribution in [0.5, 0.6) is 0 Å². The second kappa shape index (κ2) is 10.5. The highest BCUT2D eigenvalue weighted by Crippen LogP contribution is 2.39. The molecule has 4 rings (SSSR count). The minimum absolute atomic E-state index is 0.0327. The number of halogens is 2. The molecule has 2 amide bonds. The van der Waals surface area contributed by atoms with Crippen LogP contribution in [0, 0.1) is 11.6 Å². The number of hydrogen-bond donors (Lipinski definition) is 3. The van der Waals surface area contributed by atoms with E-state index in [-0.39, 0.29) is 39.9 Å². The number of pyridine rings is 1. The van der Waals surface area contributed by atoms with Gasteiger partial charge in [0.15, 0.2) is 0 Å². The van der Waals surface area contributed by atoms with Crippen LogP contribution < -0.4 is 11.1 Å². The van der Waals surface area contributed by atoms with Crippen molar-refractivity contribution in [3.63, 3.8) is 0 Å². The largest absolute Gasteiger partial charge is 0.393 e. The Balaban J connectivity index is 1.61. The first-order chi connectivity index (χ1) is 16.7. The molecule has 1 aromatic carbocycles. The standard InChI is InChI=1S/C24H24F2N4O4S/c1-13(31)7-14-8-17(25)22(18(26)9-14)19-10-16(23(27)33)24(35-19)29-20-4-2-3-15(28-20)11-30-5-6-34-12-21(30)32/h2-4,8-10,13,31H,5-7,11-12H2,1H3,(H2,27,33)(H,28,29). The van der Waals surface area contributed by atoms with Gasteiger partial charge in [0.05, 0.1) is 36.1 Å². The molecule has 1 saturated heterocycles. The Morgan fingerprint density at radius 1 is 1.31 bits per heavy atom. The van der Waals surface area contributed by atoms with Crippen molar-refractivity contribution in [2.24, 2.45) is 5.73 Å². The zero-order valence-electron chi connectivity index (χ0n) is 18.9. The first-order valence-electron chi connectivity index (χ1n) is 10.9. The molecule has 4 N–H and O–H groups in total. The van der Waals surface area contributed by atoms with Crippen LogP contribution in [0.15, 0.2) is 36.4 Å². The number of nitrogens with two attached hydrogens (primary N) is 1. The lowest BCUT2D eigenvalue weighted by atomic mass is 10.0. The predicted molar refractivity (Wildman–Crippen MR) is 127 cm³/mol. The number of primary amides is 1. The van der Waals surface area contributed by atoms with Gasteiger partial charge in [-0.15, -0.1) is 11.3 Å². The lowest BCUT2D eigenvalue weighted by Crippen LogP contribution is -2.41. The van der Waals surface area contributed by atoms with E-state index in [0.717, 1.165) is 11.3 Å². The maximum Gasteiger partial charge on any atom is 0.251 e. The van der Waals surface area contributed by atoms with Gasteiger partial charge >= 0.3 is 0 Å². The van der Waals surface area contributed by atoms with Crippen LogP contribution in [0.2, 0.25) is 0 Å². The van der Waals surface area contributed by atoms with Crippen molar-refractivity contribution < 1.29 is 28.2 Å². The Bertz CT molecular complexity index is 1240. The van der Waals surface area contributed by atoms with Crippen molar-refractivity contribution in [1.82, 2.24) is 9.88 Å². The van der Waals surface area contributed by atoms with Gasteiger partial charge in [-0.25, -0.2) is 13.8 Å². The van der Waals surface area contributed by atoms with Crippen LogP contribution in [0.25, 0.3) is 10.4 Å². The summed E-state index contributed by atoms with van der Waals surface area (Å²) >= 11 is 0.963. The van der Waals surface area contributed by atoms with Crippen LogP contribution in [0.1, 0.15) is 28.5 Å². The van der Waals surface area contributed by atoms with Crippen LogP contribution >= 0.6 is 11.3 Å². The van der Waals surface area contributed by atoms with Gasteiger partial charge in [-0.05, 0) is 49.2 Å². The van der Waals surface area contributed by atoms with Crippen molar-refractivity contribution in [3.8, 4) is 10.4 Å². The SMILES string of the molecule is CC(O)Cc1cc(F)c(-c2cc(C(N)=O)c(Nc3cccc(CN4CCOCC4=O)n3)s2)c(F)c1. The van der Waals surface area contributed by atoms with E-state index in [9.17, 15) is 23.5 Å². The Kier molecular flexibility index (Phi) is 7.39. The summed E-state index contributed by atoms with van der Waals surface area (Å²) in [5.74, 6) is -2.12. The minimum Gasteiger partial charge on any atom is -0.393 e. The highest BCUT2D eigenvalue weighted by molar-refractivity contribution is 7.20. The fraction of sp³-hybridized carbons (Fsp3) is 0.292. The first kappa shape index (κ1) is 24.7. The quantitative estimate of drug-likeness (QED) is 0.435. The topological polar surface area (TPSA) is 118 Å². The summed E-state index contributed by atoms with van der Waals surface area (Å²) in [5.41, 5.74) is 6.24. The second-order valence-electron chi connectivity index (χ2n) is 8.21. The number of benzene rings is 1. The molecule has 1 fully saturated rings. The van der Waals surface area contributed by atoms with E-state index in [1.807, 2.05) is 0 Å². The zero-order chi connectivity index (χ0) is 25.1. The molecule has 11 heteroatoms. The Labute approximate surface area is 204 Å². The third-order valence-corrected chi connectivity index (χ3v) is 6.43. The molecule has 0 aliphatic carbocycles. The van der Waals surface area contributed by atoms with E-state index in [1.54, 1.807) is 23.1 Å². The number of morpholine rings is 1. The minimum atomic E-state index is -0.806. The fourth-order valence-corrected chi connectivity index (χ4v) is 4.90. The Morgan fingerprint density at radius 2 is 2.06 bits per heavy atom. The van der Waals surface area contributed by atoms with E-state index in [1.165, 1.54) is 25.1 Å². The van der Waals surface area contributed by atoms with Crippen molar-refractivity contribution in [2.75, 3.05) is 25.1 Å². The third-order valence-electron chi connectivity index (χ3n) is 5.36. The molecule has 0 saturated carbocycles. The molecule has 3 aromatic rings. The molecule has 3 heterocycles. The molecule has 184 valence electrons. The van der Waals surface area contributed by atoms with E-state index in [4.69, 9.17) is 10.5 Å². The molecule has 1 atom stereocenters. The van der Waals surface area contributed by atoms with Gasteiger partial charge < -0.3 is 25.8 Å². The van der Waals surface area contributed by atoms with Gasteiger partial charge in [-0.3, -0.25) is 9.59 Å². The zero-order valence-corrected chi connectivity index (χ0v) is 19.7. The van der Waals surface area contributed by atoms with Gasteiger partial charge in [-0.2, -0.15) is 0 Å². The maximum atomic E-state index is 14.8. The lowest BCUT2D eigenvalue weighted by molar-refractivity contribution is -0.143. The second-order valence-corrected chi connectivity index (χ2v) is 9.26. The van der Waals surface area contributed by atoms with Crippen LogP contribution in [-0.4, -0.2) is 52.7 Å². The summed E-state index contributed by atoms with van der Waals surface area (Å²) in [6, 6.07) is 8.85. The highest BCUT2D eigenvalue weighted by atomic mass is 32.1. The molecule has 1 unspecified atom stereocenters. The van der Waals surface area contributed by atoms with E-state index in [0.29, 0.717) is 36.8 Å². The molecular formula is C24H24F2N4O4S. The number of nitrogens with zero attached hydrogens (tertiary/aromatic N) is 2. The van der Waals surface area contributed by atoms with Crippen molar-refractivity contribution in [3.05, 3.63) is 64.9 Å². The molecule has 8 nitrogen and oxygen atoms in total. The van der Waals surface area contributed by atoms with Gasteiger partial charge in [0.25, 0.3) is 5.91 Å². The Morgan fingerprint density at radius 3 is 2.71 bits per heavy atom. The lowest BCUT2D eigenvalue weighted by Gasteiger charge is -2.26. The van der Waals surface area contributed by atoms with Gasteiger partial charge in [-0.1, -0.05) is 6.07 Å². The highest BCUT2D eigenvalue weighted by Gasteiger charge is 2.22. The van der Waals surface area contributed by atoms with Crippen molar-refractivity contribution >= 4 is 34.0 Å². The number of amides is 2. The molecule has 1 aliphatic rings. The summed E-state index contributed by atoms with van der Waals surface area (Å²) in [6.07, 6.45) is -0.640. The van der Waals surface area contributed by atoms with E-state index < -0.39 is 23.6 Å². The number of carbonyl (C=O) groups is 2. The van der Waals surface area contributed by atoms with Crippen molar-refractivity contribution in [1.29, 1.82) is 0 Å². The molecule has 0 bridgehead atoms. The normalized spacial score (nSPS) is 14.7. The van der Waals surface area contributed by atoms with Crippen LogP contribution in [0.3, 0.4) is 0 Å². The smallest absolute Gasteiger partial charge is 0.251 e. The average molecular weight is 503 g/mol. The number of rotatable bonds is 8. The molecule has 1 aliphatic heterocycles. The third kappa shape index (κ3) is 5.81. The Hall–Kier alpha value is -3.41. The number of aliphatic hydroxyl groups is 1. The van der Waals surface area contributed by atoms with E-state index in [2.05, 4.69) is 10.3 Å². The van der Waals surface area contributed by atoms with Crippen LogP contribution in [-0.2, 0) is 22.5 Å². The van der Waals surface area contributed by atoms with Crippen molar-refractivity contribution in [2.45, 2.75) is 26.0 Å². The molecule has 2 aromatic heterocycles. The number of nitrogens with one attached hydrogen (secondary N) is 1. The average Bonchev–Trinajstić information content (AvgIpc) is 3.18. The predicted octanol–water partition coefficient (Wildman–Crippen LogP) is 3.21. The maximum absolute atomic E-state index is 14.8. The number of anilines is 2. The summed E-state index contributed by atoms with van der Waals surface area (Å²) in [5, 5.41) is 12.8. The van der Waals surface area contributed by atoms with Gasteiger partial charge in [0.1, 0.15) is 29.1 Å². The number of hydrogen-bond acceptors (Lipinski definition) is 7. The molecule has 35 heavy (non-hydrogen) atoms. The molecule has 0 radical (unpaired) electrons. The van der Waals surface area contributed by atoms with E-state index >= 15 is 0 Å². The fourth-order valence-electron chi connectivity index (χ4n) is 3.78. The summed E-state index contributed by atoms with van der Waals surface area (Å²) in [4.78, 5) is 30.4. The number of carbonyl (C=O) groups excluding carboxylic acids is 2. The number of ether oxygens (including phenoxy) is 1. The summed E-state index contributed by atoms with van der Waals surface area (Å²) in [6.45, 7) is 2.78. The number of aliphatic hydroxyl groups excluding tert-OH is 1.